The summed E-state index contributed by atoms with van der Waals surface area (Å²) in [6, 6.07) is 7.96. The van der Waals surface area contributed by atoms with Gasteiger partial charge in [-0.15, -0.1) is 11.3 Å². The van der Waals surface area contributed by atoms with E-state index in [4.69, 9.17) is 0 Å². The highest BCUT2D eigenvalue weighted by molar-refractivity contribution is 8.01. The van der Waals surface area contributed by atoms with Gasteiger partial charge in [0, 0.05) is 26.1 Å². The molecule has 1 aromatic heterocycles. The lowest BCUT2D eigenvalue weighted by molar-refractivity contribution is -0.128. The van der Waals surface area contributed by atoms with Crippen LogP contribution in [0.5, 0.6) is 0 Å². The zero-order valence-corrected chi connectivity index (χ0v) is 13.0. The van der Waals surface area contributed by atoms with Crippen molar-refractivity contribution in [2.45, 2.75) is 10.8 Å². The molecule has 0 saturated carbocycles. The summed E-state index contributed by atoms with van der Waals surface area (Å²) >= 11 is 3.07. The zero-order valence-electron chi connectivity index (χ0n) is 11.4. The molecule has 1 saturated heterocycles. The van der Waals surface area contributed by atoms with Gasteiger partial charge in [0.2, 0.25) is 11.8 Å². The number of carbonyl (C=O) groups excluding carboxylic acids is 2. The molecule has 1 aromatic carbocycles. The van der Waals surface area contributed by atoms with Crippen LogP contribution in [0.15, 0.2) is 28.6 Å². The molecular formula is C14H15N3O2S2. The number of para-hydroxylation sites is 1. The van der Waals surface area contributed by atoms with Crippen LogP contribution < -0.4 is 5.32 Å². The first-order valence-corrected chi connectivity index (χ1v) is 8.55. The number of nitrogens with one attached hydrogen (secondary N) is 1. The van der Waals surface area contributed by atoms with E-state index in [1.54, 1.807) is 16.2 Å². The normalized spacial score (nSPS) is 15.8. The van der Waals surface area contributed by atoms with Crippen LogP contribution in [0.25, 0.3) is 10.2 Å². The third-order valence-electron chi connectivity index (χ3n) is 3.26. The van der Waals surface area contributed by atoms with E-state index in [1.807, 2.05) is 24.3 Å². The highest BCUT2D eigenvalue weighted by Gasteiger charge is 2.18. The zero-order chi connectivity index (χ0) is 14.7. The van der Waals surface area contributed by atoms with Gasteiger partial charge in [0.25, 0.3) is 0 Å². The molecule has 1 fully saturated rings. The van der Waals surface area contributed by atoms with Crippen LogP contribution in [0.1, 0.15) is 6.42 Å². The van der Waals surface area contributed by atoms with Crippen molar-refractivity contribution in [2.75, 3.05) is 25.4 Å². The molecule has 0 spiro atoms. The first-order valence-electron chi connectivity index (χ1n) is 6.75. The van der Waals surface area contributed by atoms with Gasteiger partial charge in [0.1, 0.15) is 0 Å². The highest BCUT2D eigenvalue weighted by Crippen LogP contribution is 2.29. The maximum atomic E-state index is 12.2. The van der Waals surface area contributed by atoms with Crippen LogP contribution in [0, 0.1) is 0 Å². The Morgan fingerprint density at radius 3 is 3.10 bits per heavy atom. The summed E-state index contributed by atoms with van der Waals surface area (Å²) in [4.78, 5) is 29.7. The molecule has 0 atom stereocenters. The maximum absolute atomic E-state index is 12.2. The number of hydrogen-bond acceptors (Lipinski definition) is 5. The number of fused-ring (bicyclic) bond motifs is 1. The molecule has 1 aliphatic rings. The number of amides is 2. The van der Waals surface area contributed by atoms with Crippen LogP contribution in [-0.2, 0) is 9.59 Å². The Kier molecular flexibility index (Phi) is 4.40. The third kappa shape index (κ3) is 3.54. The number of thiazole rings is 1. The van der Waals surface area contributed by atoms with Crippen molar-refractivity contribution >= 4 is 45.1 Å². The molecule has 1 N–H and O–H groups in total. The molecule has 3 rings (SSSR count). The first kappa shape index (κ1) is 14.3. The number of hydrogen-bond donors (Lipinski definition) is 1. The summed E-state index contributed by atoms with van der Waals surface area (Å²) in [7, 11) is 0. The largest absolute Gasteiger partial charge is 0.354 e. The second kappa shape index (κ2) is 6.44. The van der Waals surface area contributed by atoms with Crippen molar-refractivity contribution in [2.24, 2.45) is 0 Å². The van der Waals surface area contributed by atoms with Gasteiger partial charge < -0.3 is 10.2 Å². The number of aromatic nitrogens is 1. The van der Waals surface area contributed by atoms with Crippen molar-refractivity contribution < 1.29 is 9.59 Å². The Labute approximate surface area is 130 Å². The SMILES string of the molecule is O=C1CCN(C(=O)CSc2nc3ccccc3s2)CCN1. The first-order chi connectivity index (χ1) is 10.2. The Bertz CT molecular complexity index is 638. The molecule has 2 amide bonds. The molecule has 110 valence electrons. The number of benzene rings is 1. The monoisotopic (exact) mass is 321 g/mol. The average molecular weight is 321 g/mol. The fourth-order valence-electron chi connectivity index (χ4n) is 2.14. The third-order valence-corrected chi connectivity index (χ3v) is 5.42. The molecule has 5 nitrogen and oxygen atoms in total. The summed E-state index contributed by atoms with van der Waals surface area (Å²) in [5.74, 6) is 0.452. The van der Waals surface area contributed by atoms with E-state index in [1.165, 1.54) is 11.8 Å². The standard InChI is InChI=1S/C14H15N3O2S2/c18-12-5-7-17(8-6-15-12)13(19)9-20-14-16-10-3-1-2-4-11(10)21-14/h1-4H,5-9H2,(H,15,18). The molecule has 0 aliphatic carbocycles. The van der Waals surface area contributed by atoms with E-state index >= 15 is 0 Å². The van der Waals surface area contributed by atoms with E-state index in [0.29, 0.717) is 31.8 Å². The number of thioether (sulfide) groups is 1. The second-order valence-corrected chi connectivity index (χ2v) is 6.97. The van der Waals surface area contributed by atoms with Crippen LogP contribution in [0.4, 0.5) is 0 Å². The highest BCUT2D eigenvalue weighted by atomic mass is 32.2. The van der Waals surface area contributed by atoms with Crippen molar-refractivity contribution in [3.63, 3.8) is 0 Å². The Hall–Kier alpha value is -1.60. The predicted molar refractivity (Wildman–Crippen MR) is 84.6 cm³/mol. The molecular weight excluding hydrogens is 306 g/mol. The van der Waals surface area contributed by atoms with Gasteiger partial charge in [-0.2, -0.15) is 0 Å². The fraction of sp³-hybridized carbons (Fsp3) is 0.357. The van der Waals surface area contributed by atoms with Crippen LogP contribution in [0.2, 0.25) is 0 Å². The van der Waals surface area contributed by atoms with Crippen LogP contribution >= 0.6 is 23.1 Å². The molecule has 21 heavy (non-hydrogen) atoms. The molecule has 0 bridgehead atoms. The van der Waals surface area contributed by atoms with Gasteiger partial charge in [0.05, 0.1) is 16.0 Å². The van der Waals surface area contributed by atoms with Crippen molar-refractivity contribution in [3.8, 4) is 0 Å². The Balaban J connectivity index is 1.58. The second-order valence-electron chi connectivity index (χ2n) is 4.72. The fourth-order valence-corrected chi connectivity index (χ4v) is 4.12. The average Bonchev–Trinajstić information content (AvgIpc) is 2.78. The maximum Gasteiger partial charge on any atom is 0.233 e. The van der Waals surface area contributed by atoms with E-state index in [2.05, 4.69) is 10.3 Å². The molecule has 0 radical (unpaired) electrons. The summed E-state index contributed by atoms with van der Waals surface area (Å²) < 4.78 is 2.05. The molecule has 1 aliphatic heterocycles. The Morgan fingerprint density at radius 1 is 1.38 bits per heavy atom. The topological polar surface area (TPSA) is 62.3 Å². The lowest BCUT2D eigenvalue weighted by Crippen LogP contribution is -2.35. The van der Waals surface area contributed by atoms with Crippen LogP contribution in [-0.4, -0.2) is 47.1 Å². The predicted octanol–water partition coefficient (Wildman–Crippen LogP) is 1.74. The van der Waals surface area contributed by atoms with Gasteiger partial charge in [-0.3, -0.25) is 9.59 Å². The quantitative estimate of drug-likeness (QED) is 0.875. The molecule has 2 aromatic rings. The lowest BCUT2D eigenvalue weighted by Gasteiger charge is -2.18. The van der Waals surface area contributed by atoms with Crippen molar-refractivity contribution in [3.05, 3.63) is 24.3 Å². The molecule has 7 heteroatoms. The van der Waals surface area contributed by atoms with Gasteiger partial charge in [-0.25, -0.2) is 4.98 Å². The summed E-state index contributed by atoms with van der Waals surface area (Å²) in [6.07, 6.45) is 0.386. The van der Waals surface area contributed by atoms with Crippen molar-refractivity contribution in [1.82, 2.24) is 15.2 Å². The smallest absolute Gasteiger partial charge is 0.233 e. The van der Waals surface area contributed by atoms with Gasteiger partial charge >= 0.3 is 0 Å². The minimum absolute atomic E-state index is 0.0177. The summed E-state index contributed by atoms with van der Waals surface area (Å²) in [5.41, 5.74) is 0.974. The van der Waals surface area contributed by atoms with E-state index in [-0.39, 0.29) is 11.8 Å². The molecule has 2 heterocycles. The lowest BCUT2D eigenvalue weighted by atomic mass is 10.3. The van der Waals surface area contributed by atoms with Crippen molar-refractivity contribution in [1.29, 1.82) is 0 Å². The van der Waals surface area contributed by atoms with E-state index < -0.39 is 0 Å². The van der Waals surface area contributed by atoms with E-state index in [0.717, 1.165) is 14.6 Å². The summed E-state index contributed by atoms with van der Waals surface area (Å²) in [6.45, 7) is 1.63. The Morgan fingerprint density at radius 2 is 2.24 bits per heavy atom. The van der Waals surface area contributed by atoms with Crippen LogP contribution in [0.3, 0.4) is 0 Å². The minimum atomic E-state index is 0.0177. The summed E-state index contributed by atoms with van der Waals surface area (Å²) in [5, 5.41) is 2.77. The van der Waals surface area contributed by atoms with E-state index in [9.17, 15) is 9.59 Å². The molecule has 0 unspecified atom stereocenters. The number of carbonyl (C=O) groups is 2. The minimum Gasteiger partial charge on any atom is -0.354 e. The van der Waals surface area contributed by atoms with Gasteiger partial charge in [-0.1, -0.05) is 23.9 Å². The number of rotatable bonds is 3. The number of nitrogens with zero attached hydrogens (tertiary/aromatic N) is 2. The van der Waals surface area contributed by atoms with Gasteiger partial charge in [-0.05, 0) is 12.1 Å². The van der Waals surface area contributed by atoms with Gasteiger partial charge in [0.15, 0.2) is 4.34 Å².